The minimum absolute atomic E-state index is 0.243. The topological polar surface area (TPSA) is 66.9 Å². The minimum atomic E-state index is -0.720. The van der Waals surface area contributed by atoms with Gasteiger partial charge in [0.2, 0.25) is 0 Å². The second-order valence-electron chi connectivity index (χ2n) is 5.13. The molecular weight excluding hydrogens is 248 g/mol. The van der Waals surface area contributed by atoms with E-state index in [0.29, 0.717) is 12.8 Å². The van der Waals surface area contributed by atoms with Crippen LogP contribution in [0, 0.1) is 0 Å². The quantitative estimate of drug-likeness (QED) is 0.569. The molecule has 19 heavy (non-hydrogen) atoms. The first-order chi connectivity index (χ1) is 9.03. The van der Waals surface area contributed by atoms with Gasteiger partial charge in [-0.05, 0) is 19.8 Å². The number of esters is 1. The highest BCUT2D eigenvalue weighted by Gasteiger charge is 2.55. The largest absolute Gasteiger partial charge is 0.465 e. The zero-order chi connectivity index (χ0) is 14.0. The zero-order valence-corrected chi connectivity index (χ0v) is 11.5. The number of imide groups is 1. The Balaban J connectivity index is 2.16. The van der Waals surface area contributed by atoms with Gasteiger partial charge in [0, 0.05) is 7.05 Å². The lowest BCUT2D eigenvalue weighted by atomic mass is 9.81. The van der Waals surface area contributed by atoms with Gasteiger partial charge in [-0.25, -0.2) is 4.79 Å². The van der Waals surface area contributed by atoms with Gasteiger partial charge in [-0.3, -0.25) is 14.5 Å². The molecule has 106 valence electrons. The van der Waals surface area contributed by atoms with Gasteiger partial charge in [0.25, 0.3) is 5.91 Å². The molecule has 0 N–H and O–H groups in total. The Kier molecular flexibility index (Phi) is 3.78. The molecule has 0 radical (unpaired) electrons. The van der Waals surface area contributed by atoms with Gasteiger partial charge in [0.15, 0.2) is 0 Å². The fraction of sp³-hybridized carbons (Fsp3) is 0.769. The molecule has 1 spiro atoms. The third-order valence-electron chi connectivity index (χ3n) is 4.08. The molecule has 1 heterocycles. The van der Waals surface area contributed by atoms with Crippen molar-refractivity contribution in [3.05, 3.63) is 0 Å². The van der Waals surface area contributed by atoms with E-state index < -0.39 is 11.5 Å². The molecule has 1 aliphatic heterocycles. The van der Waals surface area contributed by atoms with Crippen LogP contribution in [0.15, 0.2) is 0 Å². The van der Waals surface area contributed by atoms with Crippen molar-refractivity contribution >= 4 is 17.9 Å². The Morgan fingerprint density at radius 2 is 1.89 bits per heavy atom. The summed E-state index contributed by atoms with van der Waals surface area (Å²) in [5, 5.41) is 0. The van der Waals surface area contributed by atoms with Crippen molar-refractivity contribution < 1.29 is 19.1 Å². The number of hydrogen-bond donors (Lipinski definition) is 0. The monoisotopic (exact) mass is 268 g/mol. The van der Waals surface area contributed by atoms with E-state index in [1.54, 1.807) is 14.0 Å². The Bertz CT molecular complexity index is 401. The molecule has 2 fully saturated rings. The highest BCUT2D eigenvalue weighted by atomic mass is 16.5. The summed E-state index contributed by atoms with van der Waals surface area (Å²) in [7, 11) is 1.65. The van der Waals surface area contributed by atoms with Gasteiger partial charge in [0.05, 0.1) is 6.61 Å². The average molecular weight is 268 g/mol. The number of hydrogen-bond acceptors (Lipinski definition) is 4. The lowest BCUT2D eigenvalue weighted by molar-refractivity contribution is -0.147. The summed E-state index contributed by atoms with van der Waals surface area (Å²) in [6.07, 6.45) is 4.35. The van der Waals surface area contributed by atoms with Crippen molar-refractivity contribution in [3.8, 4) is 0 Å². The SMILES string of the molecule is CCOC(=O)CN1C(=O)N(C)C2(CCCCC2)C1=O. The van der Waals surface area contributed by atoms with Crippen LogP contribution in [0.4, 0.5) is 4.79 Å². The lowest BCUT2D eigenvalue weighted by Gasteiger charge is -2.35. The highest BCUT2D eigenvalue weighted by Crippen LogP contribution is 2.39. The molecule has 6 heteroatoms. The van der Waals surface area contributed by atoms with Crippen LogP contribution in [-0.4, -0.2) is 53.4 Å². The average Bonchev–Trinajstić information content (AvgIpc) is 2.57. The molecule has 3 amide bonds. The lowest BCUT2D eigenvalue weighted by Crippen LogP contribution is -2.49. The van der Waals surface area contributed by atoms with E-state index in [2.05, 4.69) is 0 Å². The summed E-state index contributed by atoms with van der Waals surface area (Å²) in [6, 6.07) is -0.389. The number of nitrogens with zero attached hydrogens (tertiary/aromatic N) is 2. The standard InChI is InChI=1S/C13H20N2O4/c1-3-19-10(16)9-15-11(17)13(14(2)12(15)18)7-5-4-6-8-13/h3-9H2,1-2H3. The molecule has 1 saturated heterocycles. The molecule has 0 aromatic carbocycles. The van der Waals surface area contributed by atoms with E-state index in [0.717, 1.165) is 24.2 Å². The molecule has 2 aliphatic rings. The van der Waals surface area contributed by atoms with Crippen LogP contribution in [0.2, 0.25) is 0 Å². The van der Waals surface area contributed by atoms with Crippen LogP contribution >= 0.6 is 0 Å². The van der Waals surface area contributed by atoms with Gasteiger partial charge in [-0.1, -0.05) is 19.3 Å². The minimum Gasteiger partial charge on any atom is -0.465 e. The number of ether oxygens (including phenoxy) is 1. The first-order valence-corrected chi connectivity index (χ1v) is 6.78. The van der Waals surface area contributed by atoms with E-state index in [1.165, 1.54) is 4.90 Å². The molecule has 0 aromatic rings. The van der Waals surface area contributed by atoms with E-state index in [-0.39, 0.29) is 25.1 Å². The number of rotatable bonds is 3. The molecule has 6 nitrogen and oxygen atoms in total. The second-order valence-corrected chi connectivity index (χ2v) is 5.13. The second kappa shape index (κ2) is 5.19. The van der Waals surface area contributed by atoms with Crippen molar-refractivity contribution in [1.29, 1.82) is 0 Å². The molecule has 1 saturated carbocycles. The Morgan fingerprint density at radius 3 is 2.47 bits per heavy atom. The Hall–Kier alpha value is -1.59. The highest BCUT2D eigenvalue weighted by molar-refractivity contribution is 6.08. The van der Waals surface area contributed by atoms with E-state index >= 15 is 0 Å². The van der Waals surface area contributed by atoms with Crippen LogP contribution in [0.25, 0.3) is 0 Å². The van der Waals surface area contributed by atoms with Crippen molar-refractivity contribution in [3.63, 3.8) is 0 Å². The predicted molar refractivity (Wildman–Crippen MR) is 67.3 cm³/mol. The van der Waals surface area contributed by atoms with Crippen molar-refractivity contribution in [2.24, 2.45) is 0 Å². The maximum Gasteiger partial charge on any atom is 0.327 e. The normalized spacial score (nSPS) is 22.2. The van der Waals surface area contributed by atoms with E-state index in [4.69, 9.17) is 4.74 Å². The van der Waals surface area contributed by atoms with Crippen LogP contribution in [0.5, 0.6) is 0 Å². The van der Waals surface area contributed by atoms with Gasteiger partial charge in [-0.2, -0.15) is 0 Å². The first-order valence-electron chi connectivity index (χ1n) is 6.78. The van der Waals surface area contributed by atoms with Gasteiger partial charge >= 0.3 is 12.0 Å². The summed E-state index contributed by atoms with van der Waals surface area (Å²) >= 11 is 0. The van der Waals surface area contributed by atoms with Gasteiger partial charge in [0.1, 0.15) is 12.1 Å². The predicted octanol–water partition coefficient (Wildman–Crippen LogP) is 1.15. The fourth-order valence-electron chi connectivity index (χ4n) is 3.01. The summed E-state index contributed by atoms with van der Waals surface area (Å²) < 4.78 is 4.81. The summed E-state index contributed by atoms with van der Waals surface area (Å²) in [5.41, 5.74) is -0.720. The third-order valence-corrected chi connectivity index (χ3v) is 4.08. The van der Waals surface area contributed by atoms with Crippen molar-refractivity contribution in [1.82, 2.24) is 9.80 Å². The number of likely N-dealkylation sites (N-methyl/N-ethyl adjacent to an activating group) is 1. The third kappa shape index (κ3) is 2.19. The van der Waals surface area contributed by atoms with E-state index in [9.17, 15) is 14.4 Å². The van der Waals surface area contributed by atoms with Crippen molar-refractivity contribution in [2.45, 2.75) is 44.6 Å². The van der Waals surface area contributed by atoms with E-state index in [1.807, 2.05) is 0 Å². The van der Waals surface area contributed by atoms with Gasteiger partial charge < -0.3 is 9.64 Å². The number of carbonyl (C=O) groups excluding carboxylic acids is 3. The molecule has 2 rings (SSSR count). The number of urea groups is 1. The Morgan fingerprint density at radius 1 is 1.26 bits per heavy atom. The summed E-state index contributed by atoms with van der Waals surface area (Å²) in [4.78, 5) is 38.7. The molecule has 0 unspecified atom stereocenters. The smallest absolute Gasteiger partial charge is 0.327 e. The van der Waals surface area contributed by atoms with Crippen molar-refractivity contribution in [2.75, 3.05) is 20.2 Å². The van der Waals surface area contributed by atoms with Crippen LogP contribution in [0.1, 0.15) is 39.0 Å². The first kappa shape index (κ1) is 13.8. The maximum absolute atomic E-state index is 12.5. The number of carbonyl (C=O) groups is 3. The Labute approximate surface area is 112 Å². The molecule has 0 aromatic heterocycles. The molecule has 1 aliphatic carbocycles. The van der Waals surface area contributed by atoms with Crippen LogP contribution < -0.4 is 0 Å². The van der Waals surface area contributed by atoms with Crippen LogP contribution in [0.3, 0.4) is 0 Å². The summed E-state index contributed by atoms with van der Waals surface area (Å²) in [5.74, 6) is -0.779. The maximum atomic E-state index is 12.5. The molecule has 0 bridgehead atoms. The zero-order valence-electron chi connectivity index (χ0n) is 11.5. The molecule has 0 atom stereocenters. The number of amides is 3. The fourth-order valence-corrected chi connectivity index (χ4v) is 3.01. The van der Waals surface area contributed by atoms with Gasteiger partial charge in [-0.15, -0.1) is 0 Å². The molecular formula is C13H20N2O4. The van der Waals surface area contributed by atoms with Crippen LogP contribution in [-0.2, 0) is 14.3 Å². The summed E-state index contributed by atoms with van der Waals surface area (Å²) in [6.45, 7) is 1.66.